The predicted octanol–water partition coefficient (Wildman–Crippen LogP) is 1.68. The molecule has 2 aliphatic heterocycles. The summed E-state index contributed by atoms with van der Waals surface area (Å²) in [5.41, 5.74) is 0.430. The van der Waals surface area contributed by atoms with E-state index in [0.29, 0.717) is 17.9 Å². The SMILES string of the molecule is CC(C)CC1(CC2CCCN(S(C)(=O)=O)C2)CNC1. The topological polar surface area (TPSA) is 49.4 Å². The molecular weight excluding hydrogens is 260 g/mol. The second-order valence-corrected chi connectivity index (χ2v) is 9.02. The number of sulfonamides is 1. The number of nitrogens with one attached hydrogen (secondary N) is 1. The number of nitrogens with zero attached hydrogens (tertiary/aromatic N) is 1. The summed E-state index contributed by atoms with van der Waals surface area (Å²) < 4.78 is 25.0. The average molecular weight is 288 g/mol. The third-order valence-electron chi connectivity index (χ3n) is 4.51. The molecule has 2 fully saturated rings. The Morgan fingerprint density at radius 1 is 1.37 bits per heavy atom. The average Bonchev–Trinajstić information content (AvgIpc) is 2.24. The van der Waals surface area contributed by atoms with E-state index < -0.39 is 10.0 Å². The van der Waals surface area contributed by atoms with Crippen LogP contribution < -0.4 is 5.32 Å². The van der Waals surface area contributed by atoms with Crippen LogP contribution >= 0.6 is 0 Å². The molecule has 4 nitrogen and oxygen atoms in total. The van der Waals surface area contributed by atoms with Gasteiger partial charge in [-0.2, -0.15) is 0 Å². The Hall–Kier alpha value is -0.130. The van der Waals surface area contributed by atoms with Crippen molar-refractivity contribution >= 4 is 10.0 Å². The van der Waals surface area contributed by atoms with E-state index in [-0.39, 0.29) is 0 Å². The Kier molecular flexibility index (Phi) is 4.58. The summed E-state index contributed by atoms with van der Waals surface area (Å²) in [6.45, 7) is 8.23. The fourth-order valence-electron chi connectivity index (χ4n) is 3.82. The maximum Gasteiger partial charge on any atom is 0.211 e. The van der Waals surface area contributed by atoms with Crippen LogP contribution in [0.5, 0.6) is 0 Å². The molecule has 0 bridgehead atoms. The van der Waals surface area contributed by atoms with Crippen molar-refractivity contribution < 1.29 is 8.42 Å². The van der Waals surface area contributed by atoms with Crippen LogP contribution in [0.3, 0.4) is 0 Å². The normalized spacial score (nSPS) is 28.3. The summed E-state index contributed by atoms with van der Waals surface area (Å²) in [6, 6.07) is 0. The molecule has 19 heavy (non-hydrogen) atoms. The van der Waals surface area contributed by atoms with Crippen molar-refractivity contribution in [1.82, 2.24) is 9.62 Å². The minimum atomic E-state index is -3.01. The molecule has 2 saturated heterocycles. The summed E-state index contributed by atoms with van der Waals surface area (Å²) in [6.07, 6.45) is 5.98. The first-order valence-electron chi connectivity index (χ1n) is 7.47. The van der Waals surface area contributed by atoms with Gasteiger partial charge in [0.1, 0.15) is 0 Å². The highest BCUT2D eigenvalue weighted by Crippen LogP contribution is 2.39. The predicted molar refractivity (Wildman–Crippen MR) is 78.5 cm³/mol. The Bertz CT molecular complexity index is 402. The van der Waals surface area contributed by atoms with E-state index in [0.717, 1.165) is 32.0 Å². The maximum atomic E-state index is 11.7. The first-order valence-corrected chi connectivity index (χ1v) is 9.31. The summed E-state index contributed by atoms with van der Waals surface area (Å²) in [7, 11) is -3.01. The monoisotopic (exact) mass is 288 g/mol. The standard InChI is InChI=1S/C14H28N2O2S/c1-12(2)7-14(10-15-11-14)8-13-5-4-6-16(9-13)19(3,17)18/h12-13,15H,4-11H2,1-3H3. The Labute approximate surface area is 118 Å². The highest BCUT2D eigenvalue weighted by atomic mass is 32.2. The summed E-state index contributed by atoms with van der Waals surface area (Å²) in [5.74, 6) is 1.26. The van der Waals surface area contributed by atoms with E-state index in [1.165, 1.54) is 25.5 Å². The minimum absolute atomic E-state index is 0.430. The fourth-order valence-corrected chi connectivity index (χ4v) is 4.77. The largest absolute Gasteiger partial charge is 0.316 e. The molecule has 0 aromatic rings. The van der Waals surface area contributed by atoms with Crippen molar-refractivity contribution in [1.29, 1.82) is 0 Å². The molecule has 0 saturated carbocycles. The minimum Gasteiger partial charge on any atom is -0.316 e. The summed E-state index contributed by atoms with van der Waals surface area (Å²) in [5, 5.41) is 3.41. The smallest absolute Gasteiger partial charge is 0.211 e. The lowest BCUT2D eigenvalue weighted by molar-refractivity contribution is 0.0771. The van der Waals surface area contributed by atoms with Gasteiger partial charge in [-0.15, -0.1) is 0 Å². The Morgan fingerprint density at radius 2 is 2.05 bits per heavy atom. The van der Waals surface area contributed by atoms with Crippen LogP contribution in [0.4, 0.5) is 0 Å². The van der Waals surface area contributed by atoms with E-state index in [4.69, 9.17) is 0 Å². The molecule has 2 heterocycles. The first-order chi connectivity index (χ1) is 8.81. The van der Waals surface area contributed by atoms with Gasteiger partial charge in [0.05, 0.1) is 6.26 Å². The molecule has 112 valence electrons. The van der Waals surface area contributed by atoms with Crippen molar-refractivity contribution in [3.63, 3.8) is 0 Å². The van der Waals surface area contributed by atoms with Crippen molar-refractivity contribution in [2.45, 2.75) is 39.5 Å². The van der Waals surface area contributed by atoms with Crippen molar-refractivity contribution in [3.05, 3.63) is 0 Å². The molecule has 1 unspecified atom stereocenters. The second-order valence-electron chi connectivity index (χ2n) is 7.03. The molecule has 2 rings (SSSR count). The second kappa shape index (κ2) is 5.70. The lowest BCUT2D eigenvalue weighted by atomic mass is 9.68. The molecular formula is C14H28N2O2S. The zero-order valence-electron chi connectivity index (χ0n) is 12.5. The number of rotatable bonds is 5. The molecule has 0 spiro atoms. The van der Waals surface area contributed by atoms with Crippen LogP contribution in [0, 0.1) is 17.3 Å². The van der Waals surface area contributed by atoms with Crippen molar-refractivity contribution in [3.8, 4) is 0 Å². The first kappa shape index (κ1) is 15.3. The van der Waals surface area contributed by atoms with Gasteiger partial charge >= 0.3 is 0 Å². The summed E-state index contributed by atoms with van der Waals surface area (Å²) >= 11 is 0. The van der Waals surface area contributed by atoms with Crippen LogP contribution in [0.15, 0.2) is 0 Å². The number of hydrogen-bond acceptors (Lipinski definition) is 3. The molecule has 0 aliphatic carbocycles. The van der Waals surface area contributed by atoms with Gasteiger partial charge in [0, 0.05) is 26.2 Å². The lowest BCUT2D eigenvalue weighted by Gasteiger charge is -2.47. The quantitative estimate of drug-likeness (QED) is 0.837. The van der Waals surface area contributed by atoms with Crippen molar-refractivity contribution in [2.75, 3.05) is 32.4 Å². The zero-order valence-corrected chi connectivity index (χ0v) is 13.3. The molecule has 0 radical (unpaired) electrons. The van der Waals surface area contributed by atoms with Crippen LogP contribution in [-0.4, -0.2) is 45.2 Å². The van der Waals surface area contributed by atoms with Gasteiger partial charge < -0.3 is 5.32 Å². The third kappa shape index (κ3) is 3.92. The van der Waals surface area contributed by atoms with Gasteiger partial charge in [0.25, 0.3) is 0 Å². The van der Waals surface area contributed by atoms with E-state index in [2.05, 4.69) is 19.2 Å². The highest BCUT2D eigenvalue weighted by molar-refractivity contribution is 7.88. The number of hydrogen-bond donors (Lipinski definition) is 1. The molecule has 0 aromatic carbocycles. The van der Waals surface area contributed by atoms with Gasteiger partial charge in [-0.1, -0.05) is 13.8 Å². The fraction of sp³-hybridized carbons (Fsp3) is 1.00. The van der Waals surface area contributed by atoms with Crippen LogP contribution in [0.1, 0.15) is 39.5 Å². The zero-order chi connectivity index (χ0) is 14.1. The molecule has 0 amide bonds. The highest BCUT2D eigenvalue weighted by Gasteiger charge is 2.40. The van der Waals surface area contributed by atoms with E-state index in [1.54, 1.807) is 4.31 Å². The van der Waals surface area contributed by atoms with Crippen LogP contribution in [-0.2, 0) is 10.0 Å². The third-order valence-corrected chi connectivity index (χ3v) is 5.78. The van der Waals surface area contributed by atoms with Crippen LogP contribution in [0.25, 0.3) is 0 Å². The van der Waals surface area contributed by atoms with Gasteiger partial charge in [-0.25, -0.2) is 12.7 Å². The van der Waals surface area contributed by atoms with E-state index in [9.17, 15) is 8.42 Å². The van der Waals surface area contributed by atoms with Crippen LogP contribution in [0.2, 0.25) is 0 Å². The van der Waals surface area contributed by atoms with Gasteiger partial charge in [-0.3, -0.25) is 0 Å². The van der Waals surface area contributed by atoms with Gasteiger partial charge in [0.2, 0.25) is 10.0 Å². The van der Waals surface area contributed by atoms with E-state index in [1.807, 2.05) is 0 Å². The Morgan fingerprint density at radius 3 is 2.53 bits per heavy atom. The lowest BCUT2D eigenvalue weighted by Crippen LogP contribution is -2.55. The van der Waals surface area contributed by atoms with Gasteiger partial charge in [0.15, 0.2) is 0 Å². The molecule has 5 heteroatoms. The molecule has 0 aromatic heterocycles. The summed E-state index contributed by atoms with van der Waals surface area (Å²) in [4.78, 5) is 0. The Balaban J connectivity index is 1.95. The van der Waals surface area contributed by atoms with E-state index >= 15 is 0 Å². The molecule has 2 aliphatic rings. The molecule has 1 N–H and O–H groups in total. The number of piperidine rings is 1. The van der Waals surface area contributed by atoms with Crippen molar-refractivity contribution in [2.24, 2.45) is 17.3 Å². The molecule has 1 atom stereocenters. The maximum absolute atomic E-state index is 11.7. The van der Waals surface area contributed by atoms with Gasteiger partial charge in [-0.05, 0) is 42.9 Å².